The summed E-state index contributed by atoms with van der Waals surface area (Å²) in [4.78, 5) is 16.5. The number of carbonyl (C=O) groups is 1. The van der Waals surface area contributed by atoms with Crippen LogP contribution < -0.4 is 5.43 Å². The standard InChI is InChI=1S/C23H18BrClN6OS/c1-15(17-3-2-4-18(24)13-17)27-28-21(32)14-33-23-30-29-22(16-9-11-26-12-10-16)31(23)20-7-5-19(25)6-8-20/h2-13H,14H2,1H3,(H,28,32)/b27-15+. The molecule has 1 amide bonds. The maximum absolute atomic E-state index is 12.5. The Morgan fingerprint density at radius 2 is 1.88 bits per heavy atom. The van der Waals surface area contributed by atoms with Crippen molar-refractivity contribution < 1.29 is 4.79 Å². The molecular weight excluding hydrogens is 524 g/mol. The SMILES string of the molecule is C/C(=N\NC(=O)CSc1nnc(-c2ccncc2)n1-c1ccc(Cl)cc1)c1cccc(Br)c1. The van der Waals surface area contributed by atoms with Gasteiger partial charge in [0.2, 0.25) is 0 Å². The second-order valence-electron chi connectivity index (χ2n) is 6.89. The molecule has 4 aromatic rings. The highest BCUT2D eigenvalue weighted by molar-refractivity contribution is 9.10. The molecule has 0 unspecified atom stereocenters. The summed E-state index contributed by atoms with van der Waals surface area (Å²) in [6.07, 6.45) is 3.39. The fourth-order valence-electron chi connectivity index (χ4n) is 2.96. The van der Waals surface area contributed by atoms with Gasteiger partial charge < -0.3 is 0 Å². The van der Waals surface area contributed by atoms with Crippen LogP contribution in [0.1, 0.15) is 12.5 Å². The minimum atomic E-state index is -0.245. The van der Waals surface area contributed by atoms with E-state index in [1.54, 1.807) is 24.5 Å². The van der Waals surface area contributed by atoms with Gasteiger partial charge in [0.25, 0.3) is 5.91 Å². The Balaban J connectivity index is 1.52. The predicted octanol–water partition coefficient (Wildman–Crippen LogP) is 5.38. The van der Waals surface area contributed by atoms with Gasteiger partial charge in [-0.25, -0.2) is 5.43 Å². The van der Waals surface area contributed by atoms with Gasteiger partial charge in [0.15, 0.2) is 11.0 Å². The second kappa shape index (κ2) is 10.7. The monoisotopic (exact) mass is 540 g/mol. The molecule has 166 valence electrons. The van der Waals surface area contributed by atoms with Crippen LogP contribution in [0.2, 0.25) is 5.02 Å². The number of halogens is 2. The number of thioether (sulfide) groups is 1. The highest BCUT2D eigenvalue weighted by atomic mass is 79.9. The van der Waals surface area contributed by atoms with E-state index in [9.17, 15) is 4.79 Å². The maximum atomic E-state index is 12.5. The zero-order valence-electron chi connectivity index (χ0n) is 17.4. The molecule has 0 atom stereocenters. The number of hydrogen-bond acceptors (Lipinski definition) is 6. The summed E-state index contributed by atoms with van der Waals surface area (Å²) in [5.41, 5.74) is 5.93. The number of carbonyl (C=O) groups excluding carboxylic acids is 1. The minimum absolute atomic E-state index is 0.122. The Labute approximate surface area is 208 Å². The third-order valence-electron chi connectivity index (χ3n) is 4.58. The van der Waals surface area contributed by atoms with E-state index < -0.39 is 0 Å². The number of hydrogen-bond donors (Lipinski definition) is 1. The molecule has 7 nitrogen and oxygen atoms in total. The van der Waals surface area contributed by atoms with Crippen LogP contribution in [0.15, 0.2) is 87.8 Å². The summed E-state index contributed by atoms with van der Waals surface area (Å²) in [5, 5.41) is 14.1. The third kappa shape index (κ3) is 5.87. The average molecular weight is 542 g/mol. The molecule has 0 bridgehead atoms. The first-order valence-corrected chi connectivity index (χ1v) is 12.0. The molecule has 4 rings (SSSR count). The predicted molar refractivity (Wildman–Crippen MR) is 135 cm³/mol. The lowest BCUT2D eigenvalue weighted by Crippen LogP contribution is -2.21. The Morgan fingerprint density at radius 3 is 2.61 bits per heavy atom. The second-order valence-corrected chi connectivity index (χ2v) is 9.18. The van der Waals surface area contributed by atoms with Crippen LogP contribution >= 0.6 is 39.3 Å². The third-order valence-corrected chi connectivity index (χ3v) is 6.25. The lowest BCUT2D eigenvalue weighted by molar-refractivity contribution is -0.118. The van der Waals surface area contributed by atoms with E-state index in [-0.39, 0.29) is 11.7 Å². The molecule has 33 heavy (non-hydrogen) atoms. The van der Waals surface area contributed by atoms with Crippen molar-refractivity contribution in [2.24, 2.45) is 5.10 Å². The van der Waals surface area contributed by atoms with Crippen molar-refractivity contribution in [3.8, 4) is 17.1 Å². The van der Waals surface area contributed by atoms with Crippen LogP contribution in [-0.2, 0) is 4.79 Å². The van der Waals surface area contributed by atoms with Crippen LogP contribution in [0.25, 0.3) is 17.1 Å². The highest BCUT2D eigenvalue weighted by Crippen LogP contribution is 2.28. The van der Waals surface area contributed by atoms with Gasteiger partial charge in [-0.1, -0.05) is 51.4 Å². The average Bonchev–Trinajstić information content (AvgIpc) is 3.26. The summed E-state index contributed by atoms with van der Waals surface area (Å²) < 4.78 is 2.84. The molecule has 2 heterocycles. The lowest BCUT2D eigenvalue weighted by Gasteiger charge is -2.10. The van der Waals surface area contributed by atoms with Crippen molar-refractivity contribution in [2.75, 3.05) is 5.75 Å². The van der Waals surface area contributed by atoms with E-state index in [2.05, 4.69) is 41.6 Å². The molecular formula is C23H18BrClN6OS. The molecule has 2 aromatic carbocycles. The van der Waals surface area contributed by atoms with Gasteiger partial charge in [-0.3, -0.25) is 14.3 Å². The zero-order chi connectivity index (χ0) is 23.2. The topological polar surface area (TPSA) is 85.1 Å². The number of benzene rings is 2. The van der Waals surface area contributed by atoms with Gasteiger partial charge in [0.05, 0.1) is 11.5 Å². The molecule has 10 heteroatoms. The van der Waals surface area contributed by atoms with Crippen LogP contribution in [0.4, 0.5) is 0 Å². The normalized spacial score (nSPS) is 11.4. The zero-order valence-corrected chi connectivity index (χ0v) is 20.6. The fraction of sp³-hybridized carbons (Fsp3) is 0.0870. The molecule has 0 aliphatic rings. The van der Waals surface area contributed by atoms with Crippen molar-refractivity contribution in [1.82, 2.24) is 25.2 Å². The minimum Gasteiger partial charge on any atom is -0.272 e. The van der Waals surface area contributed by atoms with Crippen molar-refractivity contribution >= 4 is 50.9 Å². The molecule has 0 saturated carbocycles. The summed E-state index contributed by atoms with van der Waals surface area (Å²) in [5.74, 6) is 0.522. The summed E-state index contributed by atoms with van der Waals surface area (Å²) in [6.45, 7) is 1.84. The van der Waals surface area contributed by atoms with Crippen LogP contribution in [0, 0.1) is 0 Å². The van der Waals surface area contributed by atoms with E-state index >= 15 is 0 Å². The number of pyridine rings is 1. The maximum Gasteiger partial charge on any atom is 0.250 e. The summed E-state index contributed by atoms with van der Waals surface area (Å²) in [6, 6.07) is 18.8. The van der Waals surface area contributed by atoms with Gasteiger partial charge in [-0.2, -0.15) is 5.10 Å². The van der Waals surface area contributed by atoms with Crippen molar-refractivity contribution in [2.45, 2.75) is 12.1 Å². The molecule has 2 aromatic heterocycles. The van der Waals surface area contributed by atoms with Gasteiger partial charge in [0.1, 0.15) is 0 Å². The Morgan fingerprint density at radius 1 is 1.12 bits per heavy atom. The van der Waals surface area contributed by atoms with Gasteiger partial charge in [-0.05, 0) is 61.0 Å². The smallest absolute Gasteiger partial charge is 0.250 e. The fourth-order valence-corrected chi connectivity index (χ4v) is 4.23. The molecule has 0 radical (unpaired) electrons. The Kier molecular flexibility index (Phi) is 7.54. The number of aromatic nitrogens is 4. The van der Waals surface area contributed by atoms with E-state index in [4.69, 9.17) is 11.6 Å². The van der Waals surface area contributed by atoms with Crippen molar-refractivity contribution in [3.63, 3.8) is 0 Å². The summed E-state index contributed by atoms with van der Waals surface area (Å²) >= 11 is 10.8. The number of nitrogens with one attached hydrogen (secondary N) is 1. The van der Waals surface area contributed by atoms with Crippen molar-refractivity contribution in [1.29, 1.82) is 0 Å². The van der Waals surface area contributed by atoms with E-state index in [0.29, 0.717) is 21.7 Å². The van der Waals surface area contributed by atoms with Crippen LogP contribution in [0.3, 0.4) is 0 Å². The van der Waals surface area contributed by atoms with Gasteiger partial charge in [0, 0.05) is 33.1 Å². The quantitative estimate of drug-likeness (QED) is 0.193. The highest BCUT2D eigenvalue weighted by Gasteiger charge is 2.17. The number of rotatable bonds is 7. The van der Waals surface area contributed by atoms with E-state index in [1.807, 2.05) is 60.0 Å². The lowest BCUT2D eigenvalue weighted by atomic mass is 10.1. The van der Waals surface area contributed by atoms with Gasteiger partial charge in [-0.15, -0.1) is 10.2 Å². The number of hydrazone groups is 1. The van der Waals surface area contributed by atoms with E-state index in [0.717, 1.165) is 21.3 Å². The Hall–Kier alpha value is -3.01. The first-order chi connectivity index (χ1) is 16.0. The molecule has 0 spiro atoms. The first kappa shape index (κ1) is 23.2. The molecule has 0 aliphatic heterocycles. The number of amides is 1. The molecule has 0 fully saturated rings. The molecule has 1 N–H and O–H groups in total. The Bertz CT molecular complexity index is 1290. The van der Waals surface area contributed by atoms with Gasteiger partial charge >= 0.3 is 0 Å². The van der Waals surface area contributed by atoms with E-state index in [1.165, 1.54) is 11.8 Å². The molecule has 0 saturated heterocycles. The molecule has 0 aliphatic carbocycles. The number of nitrogens with zero attached hydrogens (tertiary/aromatic N) is 5. The van der Waals surface area contributed by atoms with Crippen molar-refractivity contribution in [3.05, 3.63) is 88.1 Å². The first-order valence-electron chi connectivity index (χ1n) is 9.85. The summed E-state index contributed by atoms with van der Waals surface area (Å²) in [7, 11) is 0. The largest absolute Gasteiger partial charge is 0.272 e. The van der Waals surface area contributed by atoms with Crippen LogP contribution in [0.5, 0.6) is 0 Å². The van der Waals surface area contributed by atoms with Crippen LogP contribution in [-0.4, -0.2) is 37.1 Å².